The molecule has 0 aliphatic heterocycles. The first-order valence-corrected chi connectivity index (χ1v) is 10.5. The molecule has 0 bridgehead atoms. The zero-order chi connectivity index (χ0) is 19.1. The summed E-state index contributed by atoms with van der Waals surface area (Å²) in [6, 6.07) is 8.29. The lowest BCUT2D eigenvalue weighted by Gasteiger charge is -2.21. The van der Waals surface area contributed by atoms with E-state index in [1.54, 1.807) is 0 Å². The first kappa shape index (κ1) is 19.9. The van der Waals surface area contributed by atoms with Gasteiger partial charge in [0.2, 0.25) is 5.91 Å². The average molecular weight is 371 g/mol. The first-order chi connectivity index (χ1) is 13.1. The molecule has 1 amide bonds. The van der Waals surface area contributed by atoms with Gasteiger partial charge in [-0.2, -0.15) is 0 Å². The van der Waals surface area contributed by atoms with Crippen molar-refractivity contribution in [3.63, 3.8) is 0 Å². The van der Waals surface area contributed by atoms with Crippen LogP contribution >= 0.6 is 0 Å². The SMILES string of the molecule is CN(C)CCn1c(CCNC(=O)CCC2CCCCC2)nc2ccccc21. The largest absolute Gasteiger partial charge is 0.356 e. The summed E-state index contributed by atoms with van der Waals surface area (Å²) < 4.78 is 2.30. The number of benzene rings is 1. The van der Waals surface area contributed by atoms with Crippen LogP contribution in [0.15, 0.2) is 24.3 Å². The smallest absolute Gasteiger partial charge is 0.220 e. The third-order valence-corrected chi connectivity index (χ3v) is 5.68. The van der Waals surface area contributed by atoms with E-state index >= 15 is 0 Å². The quantitative estimate of drug-likeness (QED) is 0.733. The van der Waals surface area contributed by atoms with Gasteiger partial charge >= 0.3 is 0 Å². The fraction of sp³-hybridized carbons (Fsp3) is 0.636. The van der Waals surface area contributed by atoms with E-state index in [4.69, 9.17) is 4.98 Å². The van der Waals surface area contributed by atoms with Crippen LogP contribution in [-0.2, 0) is 17.8 Å². The number of para-hydroxylation sites is 2. The number of carbonyl (C=O) groups is 1. The Kier molecular flexibility index (Phi) is 7.27. The Morgan fingerprint density at radius 1 is 1.22 bits per heavy atom. The van der Waals surface area contributed by atoms with Gasteiger partial charge in [0.1, 0.15) is 5.82 Å². The summed E-state index contributed by atoms with van der Waals surface area (Å²) in [5.74, 6) is 2.02. The molecule has 1 aromatic heterocycles. The normalized spacial score (nSPS) is 15.5. The molecule has 0 unspecified atom stereocenters. The second kappa shape index (κ2) is 9.88. The summed E-state index contributed by atoms with van der Waals surface area (Å²) in [5, 5.41) is 3.10. The molecular weight excluding hydrogens is 336 g/mol. The second-order valence-electron chi connectivity index (χ2n) is 8.11. The average Bonchev–Trinajstić information content (AvgIpc) is 3.03. The zero-order valence-electron chi connectivity index (χ0n) is 16.9. The molecule has 1 aromatic carbocycles. The third-order valence-electron chi connectivity index (χ3n) is 5.68. The van der Waals surface area contributed by atoms with E-state index in [1.807, 2.05) is 6.07 Å². The predicted molar refractivity (Wildman–Crippen MR) is 111 cm³/mol. The Hall–Kier alpha value is -1.88. The lowest BCUT2D eigenvalue weighted by atomic mass is 9.86. The number of carbonyl (C=O) groups excluding carboxylic acids is 1. The van der Waals surface area contributed by atoms with E-state index in [0.717, 1.165) is 43.2 Å². The van der Waals surface area contributed by atoms with Crippen LogP contribution in [0, 0.1) is 5.92 Å². The van der Waals surface area contributed by atoms with E-state index in [9.17, 15) is 4.79 Å². The van der Waals surface area contributed by atoms with Gasteiger partial charge < -0.3 is 14.8 Å². The number of hydrogen-bond donors (Lipinski definition) is 1. The minimum Gasteiger partial charge on any atom is -0.356 e. The molecule has 27 heavy (non-hydrogen) atoms. The molecule has 1 N–H and O–H groups in total. The fourth-order valence-corrected chi connectivity index (χ4v) is 4.08. The van der Waals surface area contributed by atoms with Crippen molar-refractivity contribution in [2.24, 2.45) is 5.92 Å². The molecule has 3 rings (SSSR count). The van der Waals surface area contributed by atoms with Gasteiger partial charge in [0, 0.05) is 32.5 Å². The Balaban J connectivity index is 1.51. The van der Waals surface area contributed by atoms with Crippen LogP contribution in [0.3, 0.4) is 0 Å². The van der Waals surface area contributed by atoms with Crippen molar-refractivity contribution in [3.8, 4) is 0 Å². The molecule has 1 fully saturated rings. The number of fused-ring (bicyclic) bond motifs is 1. The number of hydrogen-bond acceptors (Lipinski definition) is 3. The number of nitrogens with zero attached hydrogens (tertiary/aromatic N) is 3. The lowest BCUT2D eigenvalue weighted by molar-refractivity contribution is -0.121. The summed E-state index contributed by atoms with van der Waals surface area (Å²) in [4.78, 5) is 19.2. The zero-order valence-corrected chi connectivity index (χ0v) is 16.9. The van der Waals surface area contributed by atoms with Crippen LogP contribution in [0.1, 0.15) is 50.8 Å². The van der Waals surface area contributed by atoms with Crippen molar-refractivity contribution >= 4 is 16.9 Å². The Bertz CT molecular complexity index is 731. The molecule has 5 heteroatoms. The van der Waals surface area contributed by atoms with E-state index in [2.05, 4.69) is 47.1 Å². The van der Waals surface area contributed by atoms with Crippen LogP contribution in [0.25, 0.3) is 11.0 Å². The molecule has 0 saturated heterocycles. The highest BCUT2D eigenvalue weighted by Crippen LogP contribution is 2.27. The summed E-state index contributed by atoms with van der Waals surface area (Å²) in [7, 11) is 4.18. The van der Waals surface area contributed by atoms with Gasteiger partial charge in [-0.1, -0.05) is 44.2 Å². The van der Waals surface area contributed by atoms with Crippen LogP contribution in [0.5, 0.6) is 0 Å². The molecule has 2 aromatic rings. The maximum absolute atomic E-state index is 12.2. The molecular formula is C22H34N4O. The van der Waals surface area contributed by atoms with Crippen LogP contribution in [0.2, 0.25) is 0 Å². The number of aromatic nitrogens is 2. The highest BCUT2D eigenvalue weighted by Gasteiger charge is 2.15. The highest BCUT2D eigenvalue weighted by molar-refractivity contribution is 5.76. The number of imidazole rings is 1. The van der Waals surface area contributed by atoms with Gasteiger partial charge in [-0.05, 0) is 38.6 Å². The summed E-state index contributed by atoms with van der Waals surface area (Å²) in [6.45, 7) is 2.55. The van der Waals surface area contributed by atoms with Gasteiger partial charge in [-0.15, -0.1) is 0 Å². The third kappa shape index (κ3) is 5.80. The van der Waals surface area contributed by atoms with Crippen molar-refractivity contribution in [1.82, 2.24) is 19.8 Å². The van der Waals surface area contributed by atoms with E-state index in [-0.39, 0.29) is 5.91 Å². The molecule has 0 radical (unpaired) electrons. The monoisotopic (exact) mass is 370 g/mol. The molecule has 0 atom stereocenters. The van der Waals surface area contributed by atoms with Crippen molar-refractivity contribution in [2.45, 2.75) is 57.9 Å². The van der Waals surface area contributed by atoms with Gasteiger partial charge in [0.15, 0.2) is 0 Å². The van der Waals surface area contributed by atoms with Gasteiger partial charge in [0.25, 0.3) is 0 Å². The summed E-state index contributed by atoms with van der Waals surface area (Å²) >= 11 is 0. The van der Waals surface area contributed by atoms with Crippen molar-refractivity contribution in [2.75, 3.05) is 27.2 Å². The van der Waals surface area contributed by atoms with E-state index < -0.39 is 0 Å². The van der Waals surface area contributed by atoms with Crippen molar-refractivity contribution in [3.05, 3.63) is 30.1 Å². The van der Waals surface area contributed by atoms with Crippen LogP contribution in [0.4, 0.5) is 0 Å². The van der Waals surface area contributed by atoms with E-state index in [0.29, 0.717) is 13.0 Å². The predicted octanol–water partition coefficient (Wildman–Crippen LogP) is 3.62. The van der Waals surface area contributed by atoms with Crippen molar-refractivity contribution in [1.29, 1.82) is 0 Å². The minimum atomic E-state index is 0.191. The Morgan fingerprint density at radius 2 is 2.00 bits per heavy atom. The maximum Gasteiger partial charge on any atom is 0.220 e. The van der Waals surface area contributed by atoms with Crippen LogP contribution in [-0.4, -0.2) is 47.5 Å². The minimum absolute atomic E-state index is 0.191. The lowest BCUT2D eigenvalue weighted by Crippen LogP contribution is -2.27. The summed E-state index contributed by atoms with van der Waals surface area (Å²) in [5.41, 5.74) is 2.22. The molecule has 148 valence electrons. The van der Waals surface area contributed by atoms with Gasteiger partial charge in [0.05, 0.1) is 11.0 Å². The van der Waals surface area contributed by atoms with Crippen LogP contribution < -0.4 is 5.32 Å². The number of nitrogens with one attached hydrogen (secondary N) is 1. The molecule has 1 heterocycles. The first-order valence-electron chi connectivity index (χ1n) is 10.5. The molecule has 5 nitrogen and oxygen atoms in total. The van der Waals surface area contributed by atoms with Gasteiger partial charge in [-0.3, -0.25) is 4.79 Å². The maximum atomic E-state index is 12.2. The topological polar surface area (TPSA) is 50.2 Å². The fourth-order valence-electron chi connectivity index (χ4n) is 4.08. The van der Waals surface area contributed by atoms with Crippen molar-refractivity contribution < 1.29 is 4.79 Å². The standard InChI is InChI=1S/C22H34N4O/c1-25(2)16-17-26-20-11-7-6-10-19(20)24-21(26)14-15-23-22(27)13-12-18-8-4-3-5-9-18/h6-7,10-11,18H,3-5,8-9,12-17H2,1-2H3,(H,23,27). The van der Waals surface area contributed by atoms with Gasteiger partial charge in [-0.25, -0.2) is 4.98 Å². The Morgan fingerprint density at radius 3 is 2.78 bits per heavy atom. The second-order valence-corrected chi connectivity index (χ2v) is 8.11. The summed E-state index contributed by atoms with van der Waals surface area (Å²) in [6.07, 6.45) is 9.17. The number of likely N-dealkylation sites (N-methyl/N-ethyl adjacent to an activating group) is 1. The number of rotatable bonds is 9. The van der Waals surface area contributed by atoms with E-state index in [1.165, 1.54) is 37.6 Å². The molecule has 1 aliphatic carbocycles. The molecule has 1 saturated carbocycles. The molecule has 1 aliphatic rings. The Labute approximate surface area is 163 Å². The molecule has 0 spiro atoms. The highest BCUT2D eigenvalue weighted by atomic mass is 16.1. The number of amides is 1.